The first-order chi connectivity index (χ1) is 8.61. The molecule has 0 aliphatic carbocycles. The molecule has 5 heteroatoms. The quantitative estimate of drug-likeness (QED) is 0.742. The molecular weight excluding hydrogens is 254 g/mol. The van der Waals surface area contributed by atoms with Gasteiger partial charge in [0.05, 0.1) is 18.4 Å². The van der Waals surface area contributed by atoms with Gasteiger partial charge in [-0.05, 0) is 24.1 Å². The van der Waals surface area contributed by atoms with E-state index in [1.807, 2.05) is 0 Å². The Hall–Kier alpha value is -1.26. The molecule has 0 spiro atoms. The third kappa shape index (κ3) is 5.89. The molecular formula is C13H18ClNO3. The van der Waals surface area contributed by atoms with E-state index in [-0.39, 0.29) is 23.5 Å². The maximum Gasteiger partial charge on any atom is 0.224 e. The van der Waals surface area contributed by atoms with Gasteiger partial charge < -0.3 is 15.2 Å². The van der Waals surface area contributed by atoms with Crippen molar-refractivity contribution in [2.75, 3.05) is 20.3 Å². The van der Waals surface area contributed by atoms with Crippen LogP contribution in [0.25, 0.3) is 0 Å². The molecule has 0 saturated heterocycles. The molecule has 1 rings (SSSR count). The number of phenolic OH excluding ortho intramolecular Hbond substituents is 1. The Balaban J connectivity index is 2.25. The van der Waals surface area contributed by atoms with Crippen molar-refractivity contribution in [1.29, 1.82) is 0 Å². The Bertz CT molecular complexity index is 384. The first-order valence-corrected chi connectivity index (χ1v) is 6.23. The summed E-state index contributed by atoms with van der Waals surface area (Å²) >= 11 is 5.94. The number of phenols is 1. The molecule has 0 aliphatic rings. The molecule has 2 N–H and O–H groups in total. The van der Waals surface area contributed by atoms with Gasteiger partial charge in [-0.25, -0.2) is 0 Å². The van der Waals surface area contributed by atoms with Gasteiger partial charge in [-0.1, -0.05) is 12.1 Å². The number of alkyl halides is 1. The monoisotopic (exact) mass is 271 g/mol. The molecule has 1 atom stereocenters. The van der Waals surface area contributed by atoms with Crippen LogP contribution in [0.3, 0.4) is 0 Å². The lowest BCUT2D eigenvalue weighted by Gasteiger charge is -2.09. The first kappa shape index (κ1) is 14.8. The summed E-state index contributed by atoms with van der Waals surface area (Å²) in [6.07, 6.45) is 0.923. The van der Waals surface area contributed by atoms with E-state index in [0.717, 1.165) is 5.56 Å². The Morgan fingerprint density at radius 2 is 2.33 bits per heavy atom. The van der Waals surface area contributed by atoms with Crippen molar-refractivity contribution < 1.29 is 14.6 Å². The van der Waals surface area contributed by atoms with Crippen molar-refractivity contribution in [3.63, 3.8) is 0 Å². The van der Waals surface area contributed by atoms with Crippen LogP contribution in [-0.2, 0) is 16.0 Å². The number of hydrogen-bond acceptors (Lipinski definition) is 3. The predicted molar refractivity (Wildman–Crippen MR) is 71.0 cm³/mol. The van der Waals surface area contributed by atoms with Gasteiger partial charge in [-0.3, -0.25) is 4.79 Å². The summed E-state index contributed by atoms with van der Waals surface area (Å²) in [4.78, 5) is 11.6. The van der Waals surface area contributed by atoms with Gasteiger partial charge in [0.25, 0.3) is 0 Å². The predicted octanol–water partition coefficient (Wildman–Crippen LogP) is 1.69. The number of methoxy groups -OCH3 is 1. The standard InChI is InChI=1S/C13H18ClNO3/c1-18-9-11(14)5-6-15-13(17)8-10-3-2-4-12(16)7-10/h2-4,7,11,16H,5-6,8-9H2,1H3,(H,15,17). The number of benzene rings is 1. The maximum atomic E-state index is 11.6. The van der Waals surface area contributed by atoms with Gasteiger partial charge in [-0.15, -0.1) is 11.6 Å². The molecule has 0 aliphatic heterocycles. The zero-order valence-electron chi connectivity index (χ0n) is 10.4. The van der Waals surface area contributed by atoms with Crippen molar-refractivity contribution in [2.24, 2.45) is 0 Å². The Morgan fingerprint density at radius 1 is 1.56 bits per heavy atom. The number of rotatable bonds is 7. The third-order valence-electron chi connectivity index (χ3n) is 2.40. The molecule has 0 radical (unpaired) electrons. The second-order valence-corrected chi connectivity index (χ2v) is 4.66. The molecule has 1 amide bonds. The average Bonchev–Trinajstić information content (AvgIpc) is 2.29. The molecule has 0 saturated carbocycles. The number of nitrogens with one attached hydrogen (secondary N) is 1. The lowest BCUT2D eigenvalue weighted by Crippen LogP contribution is -2.28. The molecule has 1 aromatic rings. The highest BCUT2D eigenvalue weighted by Crippen LogP contribution is 2.11. The third-order valence-corrected chi connectivity index (χ3v) is 2.75. The summed E-state index contributed by atoms with van der Waals surface area (Å²) < 4.78 is 4.90. The number of aromatic hydroxyl groups is 1. The Labute approximate surface area is 112 Å². The zero-order chi connectivity index (χ0) is 13.4. The van der Waals surface area contributed by atoms with Crippen LogP contribution in [0.1, 0.15) is 12.0 Å². The van der Waals surface area contributed by atoms with E-state index in [4.69, 9.17) is 16.3 Å². The minimum absolute atomic E-state index is 0.0816. The largest absolute Gasteiger partial charge is 0.508 e. The van der Waals surface area contributed by atoms with Crippen LogP contribution in [0.5, 0.6) is 5.75 Å². The van der Waals surface area contributed by atoms with Gasteiger partial charge in [0.2, 0.25) is 5.91 Å². The second-order valence-electron chi connectivity index (χ2n) is 4.04. The van der Waals surface area contributed by atoms with E-state index >= 15 is 0 Å². The van der Waals surface area contributed by atoms with E-state index in [2.05, 4.69) is 5.32 Å². The molecule has 100 valence electrons. The fourth-order valence-electron chi connectivity index (χ4n) is 1.55. The SMILES string of the molecule is COCC(Cl)CCNC(=O)Cc1cccc(O)c1. The van der Waals surface area contributed by atoms with E-state index in [0.29, 0.717) is 19.6 Å². The summed E-state index contributed by atoms with van der Waals surface area (Å²) in [5.41, 5.74) is 0.784. The minimum Gasteiger partial charge on any atom is -0.508 e. The van der Waals surface area contributed by atoms with E-state index in [9.17, 15) is 9.90 Å². The van der Waals surface area contributed by atoms with Crippen LogP contribution in [0.4, 0.5) is 0 Å². The van der Waals surface area contributed by atoms with Crippen LogP contribution >= 0.6 is 11.6 Å². The summed E-state index contributed by atoms with van der Waals surface area (Å²) in [6.45, 7) is 0.999. The van der Waals surface area contributed by atoms with Crippen molar-refractivity contribution in [1.82, 2.24) is 5.32 Å². The number of halogens is 1. The van der Waals surface area contributed by atoms with Gasteiger partial charge >= 0.3 is 0 Å². The van der Waals surface area contributed by atoms with Gasteiger partial charge in [0, 0.05) is 13.7 Å². The summed E-state index contributed by atoms with van der Waals surface area (Å²) in [5, 5.41) is 12.0. The molecule has 0 fully saturated rings. The molecule has 18 heavy (non-hydrogen) atoms. The summed E-state index contributed by atoms with van der Waals surface area (Å²) in [7, 11) is 1.59. The normalized spacial score (nSPS) is 12.1. The highest BCUT2D eigenvalue weighted by molar-refractivity contribution is 6.20. The number of amides is 1. The second kappa shape index (κ2) is 7.95. The van der Waals surface area contributed by atoms with E-state index in [1.54, 1.807) is 31.4 Å². The van der Waals surface area contributed by atoms with Gasteiger partial charge in [0.1, 0.15) is 5.75 Å². The van der Waals surface area contributed by atoms with Crippen LogP contribution in [0.2, 0.25) is 0 Å². The van der Waals surface area contributed by atoms with Crippen molar-refractivity contribution in [3.8, 4) is 5.75 Å². The molecule has 1 aromatic carbocycles. The highest BCUT2D eigenvalue weighted by Gasteiger charge is 2.06. The number of hydrogen-bond donors (Lipinski definition) is 2. The summed E-state index contributed by atoms with van der Waals surface area (Å²) in [6, 6.07) is 6.67. The van der Waals surface area contributed by atoms with Gasteiger partial charge in [-0.2, -0.15) is 0 Å². The van der Waals surface area contributed by atoms with Crippen LogP contribution in [-0.4, -0.2) is 36.7 Å². The topological polar surface area (TPSA) is 58.6 Å². The fraction of sp³-hybridized carbons (Fsp3) is 0.462. The number of carbonyl (C=O) groups is 1. The van der Waals surface area contributed by atoms with E-state index < -0.39 is 0 Å². The molecule has 0 aromatic heterocycles. The number of ether oxygens (including phenoxy) is 1. The molecule has 1 unspecified atom stereocenters. The number of carbonyl (C=O) groups excluding carboxylic acids is 1. The van der Waals surface area contributed by atoms with Crippen molar-refractivity contribution in [2.45, 2.75) is 18.2 Å². The minimum atomic E-state index is -0.0870. The smallest absolute Gasteiger partial charge is 0.224 e. The lowest BCUT2D eigenvalue weighted by atomic mass is 10.1. The van der Waals surface area contributed by atoms with Gasteiger partial charge in [0.15, 0.2) is 0 Å². The maximum absolute atomic E-state index is 11.6. The van der Waals surface area contributed by atoms with Crippen LogP contribution in [0, 0.1) is 0 Å². The Morgan fingerprint density at radius 3 is 3.00 bits per heavy atom. The molecule has 4 nitrogen and oxygen atoms in total. The van der Waals surface area contributed by atoms with Crippen LogP contribution < -0.4 is 5.32 Å². The first-order valence-electron chi connectivity index (χ1n) is 5.79. The van der Waals surface area contributed by atoms with E-state index in [1.165, 1.54) is 0 Å². The molecule has 0 heterocycles. The van der Waals surface area contributed by atoms with Crippen molar-refractivity contribution in [3.05, 3.63) is 29.8 Å². The fourth-order valence-corrected chi connectivity index (χ4v) is 1.78. The lowest BCUT2D eigenvalue weighted by molar-refractivity contribution is -0.120. The Kier molecular flexibility index (Phi) is 6.54. The van der Waals surface area contributed by atoms with Crippen LogP contribution in [0.15, 0.2) is 24.3 Å². The highest BCUT2D eigenvalue weighted by atomic mass is 35.5. The summed E-state index contributed by atoms with van der Waals surface area (Å²) in [5.74, 6) is 0.0862. The van der Waals surface area contributed by atoms with Crippen molar-refractivity contribution >= 4 is 17.5 Å². The average molecular weight is 272 g/mol. The molecule has 0 bridgehead atoms. The zero-order valence-corrected chi connectivity index (χ0v) is 11.1.